The first-order chi connectivity index (χ1) is 15.9. The second kappa shape index (κ2) is 11.6. The summed E-state index contributed by atoms with van der Waals surface area (Å²) < 4.78 is 38.1. The topological polar surface area (TPSA) is 108 Å². The molecule has 0 saturated carbocycles. The Labute approximate surface area is 195 Å². The van der Waals surface area contributed by atoms with Crippen molar-refractivity contribution in [3.63, 3.8) is 0 Å². The molecule has 0 aromatic heterocycles. The Morgan fingerprint density at radius 3 is 2.18 bits per heavy atom. The first-order valence-corrected chi connectivity index (χ1v) is 12.8. The standard InChI is InChI=1S/C22H34N4O6S/c1-31-18-7-8-19(32-2)20(17-18)33(29,30)26-15-13-25(14-16-26)22(28)23-10-9-21(27)24-11-5-3-4-6-12-24/h7-8,17H,3-6,9-16H2,1-2H3,(H,23,28). The van der Waals surface area contributed by atoms with Crippen LogP contribution in [0.3, 0.4) is 0 Å². The molecule has 0 radical (unpaired) electrons. The molecule has 0 aliphatic carbocycles. The summed E-state index contributed by atoms with van der Waals surface area (Å²) in [4.78, 5) is 28.4. The van der Waals surface area contributed by atoms with Crippen LogP contribution in [0.15, 0.2) is 23.1 Å². The maximum absolute atomic E-state index is 13.2. The third kappa shape index (κ3) is 6.29. The van der Waals surface area contributed by atoms with Crippen LogP contribution in [0, 0.1) is 0 Å². The first-order valence-electron chi connectivity index (χ1n) is 11.4. The molecule has 2 aliphatic rings. The third-order valence-electron chi connectivity index (χ3n) is 6.09. The number of carbonyl (C=O) groups is 2. The lowest BCUT2D eigenvalue weighted by atomic mass is 10.2. The van der Waals surface area contributed by atoms with Crippen molar-refractivity contribution in [2.75, 3.05) is 60.0 Å². The van der Waals surface area contributed by atoms with E-state index in [4.69, 9.17) is 9.47 Å². The molecule has 184 valence electrons. The van der Waals surface area contributed by atoms with Crippen LogP contribution in [0.5, 0.6) is 11.5 Å². The quantitative estimate of drug-likeness (QED) is 0.631. The number of rotatable bonds is 7. The molecule has 2 heterocycles. The number of likely N-dealkylation sites (tertiary alicyclic amines) is 1. The van der Waals surface area contributed by atoms with Crippen LogP contribution in [-0.2, 0) is 14.8 Å². The van der Waals surface area contributed by atoms with E-state index in [-0.39, 0.29) is 61.7 Å². The first kappa shape index (κ1) is 25.1. The summed E-state index contributed by atoms with van der Waals surface area (Å²) in [6.45, 7) is 2.72. The number of amides is 3. The summed E-state index contributed by atoms with van der Waals surface area (Å²) in [6, 6.07) is 4.35. The lowest BCUT2D eigenvalue weighted by molar-refractivity contribution is -0.131. The average Bonchev–Trinajstić information content (AvgIpc) is 3.13. The van der Waals surface area contributed by atoms with E-state index in [0.717, 1.165) is 38.8 Å². The number of piperazine rings is 1. The van der Waals surface area contributed by atoms with Crippen molar-refractivity contribution in [3.8, 4) is 11.5 Å². The van der Waals surface area contributed by atoms with Crippen molar-refractivity contribution in [1.29, 1.82) is 0 Å². The van der Waals surface area contributed by atoms with Gasteiger partial charge >= 0.3 is 6.03 Å². The number of benzene rings is 1. The lowest BCUT2D eigenvalue weighted by Gasteiger charge is -2.34. The molecule has 2 fully saturated rings. The Balaban J connectivity index is 1.50. The number of nitrogens with one attached hydrogen (secondary N) is 1. The Hall–Kier alpha value is -2.53. The fourth-order valence-corrected chi connectivity index (χ4v) is 5.72. The smallest absolute Gasteiger partial charge is 0.317 e. The van der Waals surface area contributed by atoms with Gasteiger partial charge in [-0.05, 0) is 25.0 Å². The number of ether oxygens (including phenoxy) is 2. The van der Waals surface area contributed by atoms with E-state index < -0.39 is 10.0 Å². The molecule has 1 aromatic carbocycles. The summed E-state index contributed by atoms with van der Waals surface area (Å²) in [5, 5.41) is 2.79. The van der Waals surface area contributed by atoms with E-state index in [2.05, 4.69) is 5.32 Å². The van der Waals surface area contributed by atoms with E-state index in [1.807, 2.05) is 4.90 Å². The predicted octanol–water partition coefficient (Wildman–Crippen LogP) is 1.51. The van der Waals surface area contributed by atoms with Crippen LogP contribution in [0.1, 0.15) is 32.1 Å². The highest BCUT2D eigenvalue weighted by Crippen LogP contribution is 2.31. The minimum atomic E-state index is -3.81. The van der Waals surface area contributed by atoms with E-state index >= 15 is 0 Å². The lowest BCUT2D eigenvalue weighted by Crippen LogP contribution is -2.53. The maximum atomic E-state index is 13.2. The van der Waals surface area contributed by atoms with Gasteiger partial charge in [0.05, 0.1) is 14.2 Å². The van der Waals surface area contributed by atoms with E-state index in [1.54, 1.807) is 17.0 Å². The third-order valence-corrected chi connectivity index (χ3v) is 8.01. The Morgan fingerprint density at radius 2 is 1.58 bits per heavy atom. The highest BCUT2D eigenvalue weighted by Gasteiger charge is 2.32. The molecular weight excluding hydrogens is 448 g/mol. The molecule has 2 saturated heterocycles. The van der Waals surface area contributed by atoms with Gasteiger partial charge in [0.1, 0.15) is 16.4 Å². The van der Waals surface area contributed by atoms with E-state index in [1.165, 1.54) is 24.6 Å². The Bertz CT molecular complexity index is 923. The number of hydrogen-bond acceptors (Lipinski definition) is 6. The molecule has 0 unspecified atom stereocenters. The van der Waals surface area contributed by atoms with Gasteiger partial charge in [0.2, 0.25) is 15.9 Å². The summed E-state index contributed by atoms with van der Waals surface area (Å²) in [7, 11) is -0.924. The van der Waals surface area contributed by atoms with Crippen LogP contribution >= 0.6 is 0 Å². The van der Waals surface area contributed by atoms with Crippen LogP contribution in [-0.4, -0.2) is 94.5 Å². The highest BCUT2D eigenvalue weighted by atomic mass is 32.2. The molecule has 1 aromatic rings. The van der Waals surface area contributed by atoms with Gasteiger partial charge in [-0.15, -0.1) is 0 Å². The molecule has 3 amide bonds. The minimum absolute atomic E-state index is 0.0364. The minimum Gasteiger partial charge on any atom is -0.497 e. The van der Waals surface area contributed by atoms with Crippen LogP contribution in [0.25, 0.3) is 0 Å². The molecule has 2 aliphatic heterocycles. The van der Waals surface area contributed by atoms with Gasteiger partial charge in [0.25, 0.3) is 0 Å². The molecule has 0 bridgehead atoms. The number of urea groups is 1. The fourth-order valence-electron chi connectivity index (χ4n) is 4.12. The van der Waals surface area contributed by atoms with Crippen LogP contribution < -0.4 is 14.8 Å². The molecule has 33 heavy (non-hydrogen) atoms. The second-order valence-electron chi connectivity index (χ2n) is 8.18. The molecule has 10 nitrogen and oxygen atoms in total. The second-order valence-corrected chi connectivity index (χ2v) is 10.1. The van der Waals surface area contributed by atoms with Crippen molar-refractivity contribution in [3.05, 3.63) is 18.2 Å². The van der Waals surface area contributed by atoms with Crippen LogP contribution in [0.2, 0.25) is 0 Å². The van der Waals surface area contributed by atoms with Crippen LogP contribution in [0.4, 0.5) is 4.79 Å². The molecular formula is C22H34N4O6S. The van der Waals surface area contributed by atoms with Gasteiger partial charge in [0.15, 0.2) is 0 Å². The predicted molar refractivity (Wildman–Crippen MR) is 123 cm³/mol. The van der Waals surface area contributed by atoms with Gasteiger partial charge in [-0.1, -0.05) is 12.8 Å². The molecule has 3 rings (SSSR count). The van der Waals surface area contributed by atoms with Crippen molar-refractivity contribution in [2.24, 2.45) is 0 Å². The van der Waals surface area contributed by atoms with Crippen molar-refractivity contribution in [2.45, 2.75) is 37.0 Å². The average molecular weight is 483 g/mol. The zero-order valence-corrected chi connectivity index (χ0v) is 20.2. The zero-order valence-electron chi connectivity index (χ0n) is 19.4. The van der Waals surface area contributed by atoms with Crippen molar-refractivity contribution < 1.29 is 27.5 Å². The summed E-state index contributed by atoms with van der Waals surface area (Å²) >= 11 is 0. The Morgan fingerprint density at radius 1 is 0.909 bits per heavy atom. The van der Waals surface area contributed by atoms with Crippen molar-refractivity contribution >= 4 is 22.0 Å². The Kier molecular flexibility index (Phi) is 8.79. The van der Waals surface area contributed by atoms with Gasteiger partial charge in [-0.25, -0.2) is 13.2 Å². The van der Waals surface area contributed by atoms with Crippen molar-refractivity contribution in [1.82, 2.24) is 19.4 Å². The summed E-state index contributed by atoms with van der Waals surface area (Å²) in [6.07, 6.45) is 4.66. The van der Waals surface area contributed by atoms with Gasteiger partial charge < -0.3 is 24.6 Å². The fraction of sp³-hybridized carbons (Fsp3) is 0.636. The van der Waals surface area contributed by atoms with Gasteiger partial charge in [0, 0.05) is 58.3 Å². The molecule has 0 atom stereocenters. The SMILES string of the molecule is COc1ccc(OC)c(S(=O)(=O)N2CCN(C(=O)NCCC(=O)N3CCCCCC3)CC2)c1. The summed E-state index contributed by atoms with van der Waals surface area (Å²) in [5.74, 6) is 0.729. The zero-order chi connectivity index (χ0) is 23.8. The van der Waals surface area contributed by atoms with Gasteiger partial charge in [-0.2, -0.15) is 4.31 Å². The summed E-state index contributed by atoms with van der Waals surface area (Å²) in [5.41, 5.74) is 0. The number of sulfonamides is 1. The van der Waals surface area contributed by atoms with E-state index in [9.17, 15) is 18.0 Å². The number of hydrogen-bond donors (Lipinski definition) is 1. The highest BCUT2D eigenvalue weighted by molar-refractivity contribution is 7.89. The number of nitrogens with zero attached hydrogens (tertiary/aromatic N) is 3. The molecule has 0 spiro atoms. The molecule has 1 N–H and O–H groups in total. The monoisotopic (exact) mass is 482 g/mol. The van der Waals surface area contributed by atoms with Gasteiger partial charge in [-0.3, -0.25) is 4.79 Å². The molecule has 11 heteroatoms. The maximum Gasteiger partial charge on any atom is 0.317 e. The number of carbonyl (C=O) groups excluding carboxylic acids is 2. The van der Waals surface area contributed by atoms with E-state index in [0.29, 0.717) is 5.75 Å². The largest absolute Gasteiger partial charge is 0.497 e. The number of methoxy groups -OCH3 is 2. The normalized spacial score (nSPS) is 17.9.